The molecular formula is C17H16FN3O3. The lowest BCUT2D eigenvalue weighted by molar-refractivity contribution is -0.122. The van der Waals surface area contributed by atoms with Crippen LogP contribution in [0.3, 0.4) is 0 Å². The first kappa shape index (κ1) is 14.7. The van der Waals surface area contributed by atoms with Gasteiger partial charge in [-0.2, -0.15) is 0 Å². The normalized spacial score (nSPS) is 14.0. The first-order valence-corrected chi connectivity index (χ1v) is 7.80. The van der Waals surface area contributed by atoms with Crippen molar-refractivity contribution >= 4 is 16.8 Å². The molecule has 1 aliphatic carbocycles. The Bertz CT molecular complexity index is 869. The second-order valence-electron chi connectivity index (χ2n) is 5.94. The summed E-state index contributed by atoms with van der Waals surface area (Å²) in [6.07, 6.45) is 3.37. The molecule has 1 aliphatic rings. The Morgan fingerprint density at radius 3 is 3.04 bits per heavy atom. The minimum absolute atomic E-state index is 0.0801. The second-order valence-corrected chi connectivity index (χ2v) is 5.94. The number of halogens is 1. The Morgan fingerprint density at radius 2 is 2.29 bits per heavy atom. The van der Waals surface area contributed by atoms with Crippen LogP contribution in [-0.2, 0) is 17.9 Å². The summed E-state index contributed by atoms with van der Waals surface area (Å²) in [5, 5.41) is 7.33. The van der Waals surface area contributed by atoms with Crippen molar-refractivity contribution in [3.8, 4) is 5.75 Å². The van der Waals surface area contributed by atoms with Gasteiger partial charge >= 0.3 is 0 Å². The van der Waals surface area contributed by atoms with Crippen molar-refractivity contribution in [2.24, 2.45) is 5.92 Å². The second kappa shape index (κ2) is 5.99. The van der Waals surface area contributed by atoms with Gasteiger partial charge < -0.3 is 19.6 Å². The van der Waals surface area contributed by atoms with Crippen LogP contribution in [0.15, 0.2) is 35.1 Å². The van der Waals surface area contributed by atoms with Crippen molar-refractivity contribution in [2.75, 3.05) is 0 Å². The maximum Gasteiger partial charge on any atom is 0.223 e. The van der Waals surface area contributed by atoms with Crippen molar-refractivity contribution < 1.29 is 18.4 Å². The van der Waals surface area contributed by atoms with Crippen LogP contribution in [0.25, 0.3) is 10.9 Å². The number of amides is 1. The smallest absolute Gasteiger partial charge is 0.223 e. The predicted molar refractivity (Wildman–Crippen MR) is 83.7 cm³/mol. The Labute approximate surface area is 137 Å². The third-order valence-corrected chi connectivity index (χ3v) is 4.00. The number of aromatic amines is 1. The number of H-pyrrole nitrogens is 1. The van der Waals surface area contributed by atoms with Crippen molar-refractivity contribution in [3.05, 3.63) is 47.7 Å². The van der Waals surface area contributed by atoms with Gasteiger partial charge in [-0.25, -0.2) is 4.39 Å². The number of hydrogen-bond donors (Lipinski definition) is 2. The topological polar surface area (TPSA) is 80.2 Å². The summed E-state index contributed by atoms with van der Waals surface area (Å²) < 4.78 is 24.3. The van der Waals surface area contributed by atoms with Crippen LogP contribution in [-0.4, -0.2) is 16.0 Å². The molecule has 3 aromatic rings. The van der Waals surface area contributed by atoms with Crippen LogP contribution in [0.1, 0.15) is 24.2 Å². The summed E-state index contributed by atoms with van der Waals surface area (Å²) in [6.45, 7) is 0.532. The molecule has 2 aromatic heterocycles. The van der Waals surface area contributed by atoms with Gasteiger partial charge in [0.1, 0.15) is 18.6 Å². The van der Waals surface area contributed by atoms with Gasteiger partial charge in [-0.1, -0.05) is 5.16 Å². The molecule has 0 saturated heterocycles. The highest BCUT2D eigenvalue weighted by Crippen LogP contribution is 2.29. The van der Waals surface area contributed by atoms with E-state index in [1.165, 1.54) is 12.3 Å². The van der Waals surface area contributed by atoms with Gasteiger partial charge in [0.2, 0.25) is 5.91 Å². The van der Waals surface area contributed by atoms with Crippen molar-refractivity contribution in [2.45, 2.75) is 26.0 Å². The Kier molecular flexibility index (Phi) is 3.68. The number of hydrogen-bond acceptors (Lipinski definition) is 4. The van der Waals surface area contributed by atoms with E-state index in [2.05, 4.69) is 15.5 Å². The summed E-state index contributed by atoms with van der Waals surface area (Å²) >= 11 is 0. The quantitative estimate of drug-likeness (QED) is 0.729. The highest BCUT2D eigenvalue weighted by Gasteiger charge is 2.29. The number of nitrogens with one attached hydrogen (secondary N) is 2. The maximum atomic E-state index is 14.1. The van der Waals surface area contributed by atoms with Gasteiger partial charge in [0.05, 0.1) is 6.54 Å². The first-order valence-electron chi connectivity index (χ1n) is 7.80. The van der Waals surface area contributed by atoms with Gasteiger partial charge in [0.15, 0.2) is 11.6 Å². The first-order chi connectivity index (χ1) is 11.7. The van der Waals surface area contributed by atoms with E-state index in [4.69, 9.17) is 9.26 Å². The zero-order valence-electron chi connectivity index (χ0n) is 12.8. The van der Waals surface area contributed by atoms with Gasteiger partial charge in [-0.05, 0) is 25.0 Å². The summed E-state index contributed by atoms with van der Waals surface area (Å²) in [4.78, 5) is 14.9. The summed E-state index contributed by atoms with van der Waals surface area (Å²) in [7, 11) is 0. The minimum Gasteiger partial charge on any atom is -0.484 e. The van der Waals surface area contributed by atoms with Gasteiger partial charge in [-0.3, -0.25) is 4.79 Å². The molecule has 0 aliphatic heterocycles. The molecule has 124 valence electrons. The number of fused-ring (bicyclic) bond motifs is 1. The van der Waals surface area contributed by atoms with Gasteiger partial charge in [0, 0.05) is 34.6 Å². The monoisotopic (exact) mass is 329 g/mol. The molecule has 2 heterocycles. The lowest BCUT2D eigenvalue weighted by atomic mass is 10.2. The Morgan fingerprint density at radius 1 is 1.42 bits per heavy atom. The van der Waals surface area contributed by atoms with Crippen LogP contribution in [0.5, 0.6) is 5.75 Å². The van der Waals surface area contributed by atoms with Gasteiger partial charge in [-0.15, -0.1) is 0 Å². The lowest BCUT2D eigenvalue weighted by Gasteiger charge is -2.05. The van der Waals surface area contributed by atoms with E-state index in [1.54, 1.807) is 12.1 Å². The SMILES string of the molecule is O=C(NCc1cc2cc(F)c(OCc3ccon3)cc2[nH]1)C1CC1. The van der Waals surface area contributed by atoms with E-state index in [9.17, 15) is 9.18 Å². The minimum atomic E-state index is -0.446. The molecule has 0 spiro atoms. The van der Waals surface area contributed by atoms with Crippen molar-refractivity contribution in [1.29, 1.82) is 0 Å². The molecule has 1 aromatic carbocycles. The average molecular weight is 329 g/mol. The fourth-order valence-corrected chi connectivity index (χ4v) is 2.53. The fourth-order valence-electron chi connectivity index (χ4n) is 2.53. The molecule has 0 bridgehead atoms. The third kappa shape index (κ3) is 3.10. The van der Waals surface area contributed by atoms with Crippen LogP contribution >= 0.6 is 0 Å². The maximum absolute atomic E-state index is 14.1. The number of ether oxygens (including phenoxy) is 1. The Hall–Kier alpha value is -2.83. The lowest BCUT2D eigenvalue weighted by Crippen LogP contribution is -2.24. The van der Waals surface area contributed by atoms with E-state index in [0.717, 1.165) is 29.4 Å². The van der Waals surface area contributed by atoms with E-state index in [0.29, 0.717) is 12.2 Å². The number of aromatic nitrogens is 2. The van der Waals surface area contributed by atoms with Crippen LogP contribution < -0.4 is 10.1 Å². The van der Waals surface area contributed by atoms with E-state index < -0.39 is 5.82 Å². The van der Waals surface area contributed by atoms with Gasteiger partial charge in [0.25, 0.3) is 0 Å². The number of benzene rings is 1. The highest BCUT2D eigenvalue weighted by atomic mass is 19.1. The molecule has 1 amide bonds. The predicted octanol–water partition coefficient (Wildman–Crippen LogP) is 2.90. The largest absolute Gasteiger partial charge is 0.484 e. The molecule has 24 heavy (non-hydrogen) atoms. The molecular weight excluding hydrogens is 313 g/mol. The molecule has 0 radical (unpaired) electrons. The third-order valence-electron chi connectivity index (χ3n) is 4.00. The van der Waals surface area contributed by atoms with E-state index in [1.807, 2.05) is 6.07 Å². The van der Waals surface area contributed by atoms with Crippen LogP contribution in [0.4, 0.5) is 4.39 Å². The zero-order chi connectivity index (χ0) is 16.5. The van der Waals surface area contributed by atoms with Crippen LogP contribution in [0, 0.1) is 11.7 Å². The molecule has 4 rings (SSSR count). The summed E-state index contributed by atoms with van der Waals surface area (Å²) in [6, 6.07) is 6.51. The number of nitrogens with zero attached hydrogens (tertiary/aromatic N) is 1. The molecule has 7 heteroatoms. The Balaban J connectivity index is 1.47. The molecule has 0 atom stereocenters. The molecule has 1 saturated carbocycles. The van der Waals surface area contributed by atoms with Crippen molar-refractivity contribution in [3.63, 3.8) is 0 Å². The molecule has 6 nitrogen and oxygen atoms in total. The number of rotatable bonds is 6. The number of carbonyl (C=O) groups excluding carboxylic acids is 1. The molecule has 0 unspecified atom stereocenters. The summed E-state index contributed by atoms with van der Waals surface area (Å²) in [5.74, 6) is -0.0562. The molecule has 1 fully saturated rings. The molecule has 2 N–H and O–H groups in total. The summed E-state index contributed by atoms with van der Waals surface area (Å²) in [5.41, 5.74) is 2.17. The van der Waals surface area contributed by atoms with Crippen LogP contribution in [0.2, 0.25) is 0 Å². The fraction of sp³-hybridized carbons (Fsp3) is 0.294. The van der Waals surface area contributed by atoms with E-state index in [-0.39, 0.29) is 24.2 Å². The highest BCUT2D eigenvalue weighted by molar-refractivity contribution is 5.83. The zero-order valence-corrected chi connectivity index (χ0v) is 12.8. The average Bonchev–Trinajstić information content (AvgIpc) is 3.15. The van der Waals surface area contributed by atoms with Crippen molar-refractivity contribution in [1.82, 2.24) is 15.5 Å². The number of carbonyl (C=O) groups is 1. The van der Waals surface area contributed by atoms with E-state index >= 15 is 0 Å². The standard InChI is InChI=1S/C17H16FN3O3/c18-14-6-11-5-13(8-19-17(22)10-1-2-10)20-15(11)7-16(14)23-9-12-3-4-24-21-12/h3-7,10,20H,1-2,8-9H2,(H,19,22).